The molecule has 1 aliphatic rings. The van der Waals surface area contributed by atoms with Gasteiger partial charge in [-0.2, -0.15) is 0 Å². The molecule has 0 spiro atoms. The van der Waals surface area contributed by atoms with Crippen LogP contribution in [0.25, 0.3) is 0 Å². The van der Waals surface area contributed by atoms with Gasteiger partial charge >= 0.3 is 0 Å². The Balaban J connectivity index is 1.85. The number of nitrogens with one attached hydrogen (secondary N) is 1. The Hall–Kier alpha value is -0.0800. The van der Waals surface area contributed by atoms with Crippen LogP contribution in [0.5, 0.6) is 0 Å². The van der Waals surface area contributed by atoms with Gasteiger partial charge in [0.2, 0.25) is 0 Å². The van der Waals surface area contributed by atoms with Crippen LogP contribution in [-0.4, -0.2) is 37.6 Å². The first kappa shape index (κ1) is 17.0. The first-order valence-corrected chi connectivity index (χ1v) is 8.75. The molecular weight excluding hydrogens is 232 g/mol. The summed E-state index contributed by atoms with van der Waals surface area (Å²) in [5, 5.41) is 3.77. The second-order valence-electron chi connectivity index (χ2n) is 6.36. The van der Waals surface area contributed by atoms with Crippen LogP contribution in [-0.2, 0) is 0 Å². The van der Waals surface area contributed by atoms with E-state index in [1.165, 1.54) is 90.3 Å². The minimum atomic E-state index is 0.787. The molecule has 1 unspecified atom stereocenters. The van der Waals surface area contributed by atoms with Gasteiger partial charge in [-0.25, -0.2) is 0 Å². The number of rotatable bonds is 10. The van der Waals surface area contributed by atoms with Crippen molar-refractivity contribution in [3.8, 4) is 0 Å². The van der Waals surface area contributed by atoms with E-state index in [9.17, 15) is 0 Å². The third-order valence-corrected chi connectivity index (χ3v) is 4.42. The maximum atomic E-state index is 3.77. The molecule has 0 radical (unpaired) electrons. The summed E-state index contributed by atoms with van der Waals surface area (Å²) in [7, 11) is 2.25. The van der Waals surface area contributed by atoms with E-state index in [1.54, 1.807) is 0 Å². The maximum absolute atomic E-state index is 3.77. The van der Waals surface area contributed by atoms with E-state index >= 15 is 0 Å². The standard InChI is InChI=1S/C17H36N2/c1-3-4-5-6-7-8-9-10-14-18-17-12-11-15-19(2)16-13-17/h17-18H,3-16H2,1-2H3. The van der Waals surface area contributed by atoms with E-state index in [0.717, 1.165) is 6.04 Å². The molecule has 114 valence electrons. The highest BCUT2D eigenvalue weighted by Crippen LogP contribution is 2.11. The van der Waals surface area contributed by atoms with E-state index < -0.39 is 0 Å². The molecule has 1 rings (SSSR count). The van der Waals surface area contributed by atoms with Crippen LogP contribution in [0.4, 0.5) is 0 Å². The Kier molecular flexibility index (Phi) is 10.5. The summed E-state index contributed by atoms with van der Waals surface area (Å²) in [6.07, 6.45) is 15.5. The van der Waals surface area contributed by atoms with Gasteiger partial charge < -0.3 is 10.2 Å². The lowest BCUT2D eigenvalue weighted by molar-refractivity contribution is 0.343. The molecule has 0 aromatic heterocycles. The van der Waals surface area contributed by atoms with Crippen LogP contribution in [0.2, 0.25) is 0 Å². The van der Waals surface area contributed by atoms with Crippen molar-refractivity contribution in [2.75, 3.05) is 26.7 Å². The fraction of sp³-hybridized carbons (Fsp3) is 1.00. The Morgan fingerprint density at radius 3 is 2.32 bits per heavy atom. The van der Waals surface area contributed by atoms with Gasteiger partial charge in [-0.15, -0.1) is 0 Å². The molecule has 0 aromatic carbocycles. The van der Waals surface area contributed by atoms with Crippen LogP contribution in [0.3, 0.4) is 0 Å². The lowest BCUT2D eigenvalue weighted by atomic mass is 10.1. The zero-order chi connectivity index (χ0) is 13.8. The molecule has 1 aliphatic heterocycles. The van der Waals surface area contributed by atoms with Crippen molar-refractivity contribution in [1.82, 2.24) is 10.2 Å². The first-order valence-electron chi connectivity index (χ1n) is 8.75. The highest BCUT2D eigenvalue weighted by atomic mass is 15.1. The van der Waals surface area contributed by atoms with E-state index in [2.05, 4.69) is 24.2 Å². The number of nitrogens with zero attached hydrogens (tertiary/aromatic N) is 1. The average Bonchev–Trinajstić information content (AvgIpc) is 2.62. The maximum Gasteiger partial charge on any atom is 0.00797 e. The summed E-state index contributed by atoms with van der Waals surface area (Å²) in [5.74, 6) is 0. The molecule has 2 nitrogen and oxygen atoms in total. The molecule has 0 saturated carbocycles. The highest BCUT2D eigenvalue weighted by molar-refractivity contribution is 4.73. The minimum absolute atomic E-state index is 0.787. The summed E-state index contributed by atoms with van der Waals surface area (Å²) >= 11 is 0. The molecule has 1 N–H and O–H groups in total. The Morgan fingerprint density at radius 1 is 0.895 bits per heavy atom. The van der Waals surface area contributed by atoms with Crippen molar-refractivity contribution in [1.29, 1.82) is 0 Å². The van der Waals surface area contributed by atoms with E-state index in [1.807, 2.05) is 0 Å². The largest absolute Gasteiger partial charge is 0.314 e. The average molecular weight is 268 g/mol. The van der Waals surface area contributed by atoms with Gasteiger partial charge in [-0.1, -0.05) is 51.9 Å². The summed E-state index contributed by atoms with van der Waals surface area (Å²) in [5.41, 5.74) is 0. The van der Waals surface area contributed by atoms with Gasteiger partial charge in [-0.3, -0.25) is 0 Å². The SMILES string of the molecule is CCCCCCCCCCNC1CCCN(C)CC1. The Labute approximate surface area is 121 Å². The molecule has 19 heavy (non-hydrogen) atoms. The third-order valence-electron chi connectivity index (χ3n) is 4.42. The lowest BCUT2D eigenvalue weighted by Gasteiger charge is -2.16. The predicted octanol–water partition coefficient (Wildman–Crippen LogP) is 4.20. The van der Waals surface area contributed by atoms with Gasteiger partial charge in [0.05, 0.1) is 0 Å². The molecule has 1 heterocycles. The minimum Gasteiger partial charge on any atom is -0.314 e. The van der Waals surface area contributed by atoms with Crippen LogP contribution in [0.1, 0.15) is 77.6 Å². The van der Waals surface area contributed by atoms with Crippen LogP contribution < -0.4 is 5.32 Å². The normalized spacial score (nSPS) is 21.5. The summed E-state index contributed by atoms with van der Waals surface area (Å²) in [6, 6.07) is 0.787. The molecular formula is C17H36N2. The topological polar surface area (TPSA) is 15.3 Å². The Bertz CT molecular complexity index is 194. The zero-order valence-electron chi connectivity index (χ0n) is 13.4. The molecule has 2 heteroatoms. The lowest BCUT2D eigenvalue weighted by Crippen LogP contribution is -2.31. The molecule has 0 aromatic rings. The van der Waals surface area contributed by atoms with Crippen LogP contribution >= 0.6 is 0 Å². The van der Waals surface area contributed by atoms with Crippen molar-refractivity contribution in [2.45, 2.75) is 83.6 Å². The smallest absolute Gasteiger partial charge is 0.00797 e. The summed E-state index contributed by atoms with van der Waals surface area (Å²) < 4.78 is 0. The van der Waals surface area contributed by atoms with Gasteiger partial charge in [-0.05, 0) is 52.4 Å². The summed E-state index contributed by atoms with van der Waals surface area (Å²) in [4.78, 5) is 2.47. The number of likely N-dealkylation sites (tertiary alicyclic amines) is 1. The monoisotopic (exact) mass is 268 g/mol. The number of hydrogen-bond donors (Lipinski definition) is 1. The second kappa shape index (κ2) is 11.7. The van der Waals surface area contributed by atoms with Crippen molar-refractivity contribution in [2.24, 2.45) is 0 Å². The van der Waals surface area contributed by atoms with Crippen molar-refractivity contribution >= 4 is 0 Å². The van der Waals surface area contributed by atoms with Gasteiger partial charge in [0.1, 0.15) is 0 Å². The Morgan fingerprint density at radius 2 is 1.58 bits per heavy atom. The fourth-order valence-electron chi connectivity index (χ4n) is 3.01. The second-order valence-corrected chi connectivity index (χ2v) is 6.36. The first-order chi connectivity index (χ1) is 9.33. The quantitative estimate of drug-likeness (QED) is 0.597. The predicted molar refractivity (Wildman–Crippen MR) is 85.7 cm³/mol. The molecule has 1 saturated heterocycles. The molecule has 1 fully saturated rings. The van der Waals surface area contributed by atoms with E-state index in [0.29, 0.717) is 0 Å². The van der Waals surface area contributed by atoms with Crippen molar-refractivity contribution in [3.63, 3.8) is 0 Å². The number of hydrogen-bond acceptors (Lipinski definition) is 2. The summed E-state index contributed by atoms with van der Waals surface area (Å²) in [6.45, 7) is 6.09. The van der Waals surface area contributed by atoms with E-state index in [-0.39, 0.29) is 0 Å². The highest BCUT2D eigenvalue weighted by Gasteiger charge is 2.13. The van der Waals surface area contributed by atoms with Gasteiger partial charge in [0.15, 0.2) is 0 Å². The zero-order valence-corrected chi connectivity index (χ0v) is 13.4. The molecule has 0 bridgehead atoms. The molecule has 0 aliphatic carbocycles. The number of unbranched alkanes of at least 4 members (excludes halogenated alkanes) is 7. The van der Waals surface area contributed by atoms with Crippen molar-refractivity contribution in [3.05, 3.63) is 0 Å². The van der Waals surface area contributed by atoms with Gasteiger partial charge in [0, 0.05) is 6.04 Å². The van der Waals surface area contributed by atoms with Crippen molar-refractivity contribution < 1.29 is 0 Å². The van der Waals surface area contributed by atoms with E-state index in [4.69, 9.17) is 0 Å². The third kappa shape index (κ3) is 9.45. The fourth-order valence-corrected chi connectivity index (χ4v) is 3.01. The van der Waals surface area contributed by atoms with Gasteiger partial charge in [0.25, 0.3) is 0 Å². The van der Waals surface area contributed by atoms with Crippen LogP contribution in [0, 0.1) is 0 Å². The molecule has 1 atom stereocenters. The van der Waals surface area contributed by atoms with Crippen LogP contribution in [0.15, 0.2) is 0 Å². The molecule has 0 amide bonds.